The number of methoxy groups -OCH3 is 2. The minimum atomic E-state index is -0.209. The van der Waals surface area contributed by atoms with E-state index in [9.17, 15) is 4.79 Å². The zero-order valence-electron chi connectivity index (χ0n) is 15.3. The molecule has 1 amide bonds. The van der Waals surface area contributed by atoms with Crippen LogP contribution in [0.25, 0.3) is 0 Å². The zero-order valence-corrected chi connectivity index (χ0v) is 16.2. The summed E-state index contributed by atoms with van der Waals surface area (Å²) in [5, 5.41) is 6.37. The van der Waals surface area contributed by atoms with Crippen LogP contribution in [0.4, 0.5) is 5.69 Å². The van der Waals surface area contributed by atoms with Crippen LogP contribution in [0.2, 0.25) is 0 Å². The Balaban J connectivity index is 1.45. The monoisotopic (exact) mass is 374 g/mol. The fraction of sp³-hybridized carbons (Fsp3) is 0.600. The van der Waals surface area contributed by atoms with Crippen LogP contribution < -0.4 is 20.1 Å². The van der Waals surface area contributed by atoms with Crippen molar-refractivity contribution in [3.63, 3.8) is 0 Å². The number of thiocarbonyl (C=S) groups is 1. The molecule has 4 bridgehead atoms. The Morgan fingerprint density at radius 2 is 1.69 bits per heavy atom. The molecule has 4 aliphatic carbocycles. The van der Waals surface area contributed by atoms with Crippen molar-refractivity contribution >= 4 is 28.9 Å². The molecule has 0 spiro atoms. The SMILES string of the molecule is COc1ccc(OC)c(NC(=S)NC(=O)C23CC4CC(CC(C4)C2)C3)c1. The van der Waals surface area contributed by atoms with Crippen molar-refractivity contribution < 1.29 is 14.3 Å². The van der Waals surface area contributed by atoms with Crippen LogP contribution in [-0.2, 0) is 4.79 Å². The molecule has 1 aromatic rings. The van der Waals surface area contributed by atoms with E-state index in [4.69, 9.17) is 21.7 Å². The minimum Gasteiger partial charge on any atom is -0.497 e. The summed E-state index contributed by atoms with van der Waals surface area (Å²) in [4.78, 5) is 13.1. The number of rotatable bonds is 4. The number of carbonyl (C=O) groups excluding carboxylic acids is 1. The van der Waals surface area contributed by atoms with Gasteiger partial charge in [0, 0.05) is 6.07 Å². The number of hydrogen-bond acceptors (Lipinski definition) is 4. The molecule has 4 fully saturated rings. The molecular weight excluding hydrogens is 348 g/mol. The van der Waals surface area contributed by atoms with Crippen molar-refractivity contribution in [2.45, 2.75) is 38.5 Å². The Bertz CT molecular complexity index is 698. The van der Waals surface area contributed by atoms with Crippen LogP contribution in [0, 0.1) is 23.2 Å². The van der Waals surface area contributed by atoms with Crippen LogP contribution in [0.15, 0.2) is 18.2 Å². The van der Waals surface area contributed by atoms with E-state index in [1.54, 1.807) is 14.2 Å². The van der Waals surface area contributed by atoms with Crippen LogP contribution in [0.5, 0.6) is 11.5 Å². The number of ether oxygens (including phenoxy) is 2. The molecule has 4 saturated carbocycles. The Hall–Kier alpha value is -1.82. The molecule has 4 aliphatic rings. The molecule has 0 heterocycles. The summed E-state index contributed by atoms with van der Waals surface area (Å²) in [5.74, 6) is 3.63. The molecule has 0 aliphatic heterocycles. The zero-order chi connectivity index (χ0) is 18.3. The Morgan fingerprint density at radius 1 is 1.08 bits per heavy atom. The van der Waals surface area contributed by atoms with E-state index in [2.05, 4.69) is 10.6 Å². The number of anilines is 1. The van der Waals surface area contributed by atoms with Gasteiger partial charge in [-0.25, -0.2) is 0 Å². The topological polar surface area (TPSA) is 59.6 Å². The molecule has 0 atom stereocenters. The standard InChI is InChI=1S/C20H26N2O3S/c1-24-15-3-4-17(25-2)16(8-15)21-19(26)22-18(23)20-9-12-5-13(10-20)7-14(6-12)11-20/h3-4,8,12-14H,5-7,9-11H2,1-2H3,(H2,21,22,23,26). The Labute approximate surface area is 159 Å². The second-order valence-corrected chi connectivity index (χ2v) is 8.58. The number of hydrogen-bond donors (Lipinski definition) is 2. The van der Waals surface area contributed by atoms with Crippen LogP contribution in [-0.4, -0.2) is 25.2 Å². The van der Waals surface area contributed by atoms with Crippen molar-refractivity contribution in [2.75, 3.05) is 19.5 Å². The summed E-state index contributed by atoms with van der Waals surface area (Å²) >= 11 is 5.41. The lowest BCUT2D eigenvalue weighted by Gasteiger charge is -2.55. The maximum Gasteiger partial charge on any atom is 0.232 e. The lowest BCUT2D eigenvalue weighted by Crippen LogP contribution is -2.55. The lowest BCUT2D eigenvalue weighted by atomic mass is 9.49. The van der Waals surface area contributed by atoms with Crippen molar-refractivity contribution in [1.82, 2.24) is 5.32 Å². The van der Waals surface area contributed by atoms with Gasteiger partial charge in [0.2, 0.25) is 5.91 Å². The second kappa shape index (κ2) is 6.72. The first-order valence-corrected chi connectivity index (χ1v) is 9.76. The largest absolute Gasteiger partial charge is 0.497 e. The lowest BCUT2D eigenvalue weighted by molar-refractivity contribution is -0.144. The highest BCUT2D eigenvalue weighted by Gasteiger charge is 2.54. The molecule has 2 N–H and O–H groups in total. The summed E-state index contributed by atoms with van der Waals surface area (Å²) in [6.45, 7) is 0. The first kappa shape index (κ1) is 17.6. The maximum atomic E-state index is 13.1. The summed E-state index contributed by atoms with van der Waals surface area (Å²) in [5.41, 5.74) is 0.474. The van der Waals surface area contributed by atoms with Gasteiger partial charge in [-0.1, -0.05) is 0 Å². The van der Waals surface area contributed by atoms with Gasteiger partial charge in [-0.15, -0.1) is 0 Å². The van der Waals surface area contributed by atoms with E-state index < -0.39 is 0 Å². The third kappa shape index (κ3) is 3.15. The maximum absolute atomic E-state index is 13.1. The predicted molar refractivity (Wildman–Crippen MR) is 105 cm³/mol. The number of nitrogens with one attached hydrogen (secondary N) is 2. The van der Waals surface area contributed by atoms with E-state index in [0.29, 0.717) is 22.3 Å². The van der Waals surface area contributed by atoms with Crippen molar-refractivity contribution in [3.8, 4) is 11.5 Å². The molecule has 5 rings (SSSR count). The predicted octanol–water partition coefficient (Wildman–Crippen LogP) is 3.73. The van der Waals surface area contributed by atoms with E-state index in [-0.39, 0.29) is 11.3 Å². The van der Waals surface area contributed by atoms with Gasteiger partial charge >= 0.3 is 0 Å². The molecule has 26 heavy (non-hydrogen) atoms. The Morgan fingerprint density at radius 3 is 2.23 bits per heavy atom. The minimum absolute atomic E-state index is 0.0935. The normalized spacial score (nSPS) is 31.4. The summed E-state index contributed by atoms with van der Waals surface area (Å²) in [6, 6.07) is 5.44. The van der Waals surface area contributed by atoms with Crippen molar-refractivity contribution in [1.29, 1.82) is 0 Å². The Kier molecular flexibility index (Phi) is 4.55. The van der Waals surface area contributed by atoms with Gasteiger partial charge in [-0.05, 0) is 80.6 Å². The molecule has 0 aromatic heterocycles. The van der Waals surface area contributed by atoms with Crippen LogP contribution in [0.3, 0.4) is 0 Å². The van der Waals surface area contributed by atoms with Gasteiger partial charge in [0.15, 0.2) is 5.11 Å². The summed E-state index contributed by atoms with van der Waals surface area (Å²) in [7, 11) is 3.21. The molecule has 0 unspecified atom stereocenters. The molecule has 5 nitrogen and oxygen atoms in total. The average Bonchev–Trinajstić information content (AvgIpc) is 2.60. The molecular formula is C20H26N2O3S. The molecule has 0 saturated heterocycles. The average molecular weight is 375 g/mol. The number of benzene rings is 1. The first-order valence-electron chi connectivity index (χ1n) is 9.36. The van der Waals surface area contributed by atoms with Gasteiger partial charge in [0.1, 0.15) is 11.5 Å². The summed E-state index contributed by atoms with van der Waals surface area (Å²) in [6.07, 6.45) is 7.02. The summed E-state index contributed by atoms with van der Waals surface area (Å²) < 4.78 is 10.6. The van der Waals surface area contributed by atoms with E-state index in [1.165, 1.54) is 19.3 Å². The van der Waals surface area contributed by atoms with Crippen LogP contribution in [0.1, 0.15) is 38.5 Å². The van der Waals surface area contributed by atoms with E-state index in [0.717, 1.165) is 37.0 Å². The van der Waals surface area contributed by atoms with Gasteiger partial charge < -0.3 is 20.1 Å². The second-order valence-electron chi connectivity index (χ2n) is 8.17. The highest BCUT2D eigenvalue weighted by Crippen LogP contribution is 2.60. The first-order chi connectivity index (χ1) is 12.5. The smallest absolute Gasteiger partial charge is 0.232 e. The van der Waals surface area contributed by atoms with Gasteiger partial charge in [0.05, 0.1) is 25.3 Å². The van der Waals surface area contributed by atoms with E-state index >= 15 is 0 Å². The highest BCUT2D eigenvalue weighted by molar-refractivity contribution is 7.80. The number of carbonyl (C=O) groups is 1. The fourth-order valence-corrected chi connectivity index (χ4v) is 5.89. The van der Waals surface area contributed by atoms with Crippen molar-refractivity contribution in [2.24, 2.45) is 23.2 Å². The van der Waals surface area contributed by atoms with Gasteiger partial charge in [-0.3, -0.25) is 4.79 Å². The third-order valence-corrected chi connectivity index (χ3v) is 6.61. The fourth-order valence-electron chi connectivity index (χ4n) is 5.69. The quantitative estimate of drug-likeness (QED) is 0.787. The van der Waals surface area contributed by atoms with Crippen molar-refractivity contribution in [3.05, 3.63) is 18.2 Å². The van der Waals surface area contributed by atoms with E-state index in [1.807, 2.05) is 18.2 Å². The van der Waals surface area contributed by atoms with Gasteiger partial charge in [-0.2, -0.15) is 0 Å². The third-order valence-electron chi connectivity index (χ3n) is 6.40. The van der Waals surface area contributed by atoms with Gasteiger partial charge in [0.25, 0.3) is 0 Å². The molecule has 6 heteroatoms. The number of amides is 1. The molecule has 0 radical (unpaired) electrons. The molecule has 140 valence electrons. The molecule has 1 aromatic carbocycles. The van der Waals surface area contributed by atoms with Crippen LogP contribution >= 0.6 is 12.2 Å². The highest BCUT2D eigenvalue weighted by atomic mass is 32.1.